The minimum absolute atomic E-state index is 0. The molecular formula is C19H20ClNO5. The van der Waals surface area contributed by atoms with Crippen LogP contribution in [0.25, 0.3) is 11.0 Å². The summed E-state index contributed by atoms with van der Waals surface area (Å²) in [6.45, 7) is 1.30. The third-order valence-electron chi connectivity index (χ3n) is 3.82. The Morgan fingerprint density at radius 1 is 1.27 bits per heavy atom. The van der Waals surface area contributed by atoms with Crippen LogP contribution in [-0.2, 0) is 0 Å². The minimum Gasteiger partial charge on any atom is -0.492 e. The first-order chi connectivity index (χ1) is 12.5. The fourth-order valence-corrected chi connectivity index (χ4v) is 2.72. The van der Waals surface area contributed by atoms with E-state index in [9.17, 15) is 9.90 Å². The Kier molecular flexibility index (Phi) is 5.78. The zero-order valence-electron chi connectivity index (χ0n) is 13.8. The number of rotatable bonds is 8. The molecule has 0 radical (unpaired) electrons. The maximum Gasteiger partial charge on any atom is 0.371 e. The first-order valence-electron chi connectivity index (χ1n) is 8.07. The van der Waals surface area contributed by atoms with Gasteiger partial charge in [-0.1, -0.05) is 23.7 Å². The molecule has 2 aromatic carbocycles. The summed E-state index contributed by atoms with van der Waals surface area (Å²) in [5, 5.41) is 23.4. The fourth-order valence-electron chi connectivity index (χ4n) is 2.52. The van der Waals surface area contributed by atoms with Crippen molar-refractivity contribution in [1.29, 1.82) is 0 Å². The molecule has 3 rings (SSSR count). The Hall–Kier alpha value is -2.54. The summed E-state index contributed by atoms with van der Waals surface area (Å²) in [7, 11) is 0. The van der Waals surface area contributed by atoms with Gasteiger partial charge in [0.2, 0.25) is 5.76 Å². The maximum absolute atomic E-state index is 10.9. The number of nitrogens with one attached hydrogen (secondary N) is 1. The second kappa shape index (κ2) is 8.23. The number of hydrogen-bond donors (Lipinski definition) is 3. The van der Waals surface area contributed by atoms with E-state index in [1.807, 2.05) is 6.07 Å². The van der Waals surface area contributed by atoms with Crippen molar-refractivity contribution in [2.24, 2.45) is 0 Å². The van der Waals surface area contributed by atoms with Crippen molar-refractivity contribution in [3.05, 3.63) is 64.9 Å². The van der Waals surface area contributed by atoms with Crippen molar-refractivity contribution in [3.8, 4) is 5.75 Å². The molecule has 3 aromatic rings. The molecule has 1 aromatic heterocycles. The number of furan rings is 1. The van der Waals surface area contributed by atoms with E-state index >= 15 is 0 Å². The van der Waals surface area contributed by atoms with Crippen LogP contribution in [0.1, 0.15) is 23.6 Å². The Labute approximate surface area is 156 Å². The Bertz CT molecular complexity index is 914. The average molecular weight is 378 g/mol. The van der Waals surface area contributed by atoms with Crippen LogP contribution in [0.5, 0.6) is 5.75 Å². The second-order valence-electron chi connectivity index (χ2n) is 5.74. The van der Waals surface area contributed by atoms with Gasteiger partial charge in [-0.3, -0.25) is 0 Å². The molecule has 0 unspecified atom stereocenters. The van der Waals surface area contributed by atoms with E-state index in [0.717, 1.165) is 5.56 Å². The zero-order valence-corrected chi connectivity index (χ0v) is 14.6. The first kappa shape index (κ1) is 18.3. The van der Waals surface area contributed by atoms with Gasteiger partial charge in [-0.25, -0.2) is 4.79 Å². The lowest BCUT2D eigenvalue weighted by Gasteiger charge is -2.13. The van der Waals surface area contributed by atoms with Crippen molar-refractivity contribution in [3.63, 3.8) is 0 Å². The Balaban J connectivity index is 0.00000261. The van der Waals surface area contributed by atoms with Gasteiger partial charge in [-0.05, 0) is 35.9 Å². The number of hydrogen-bond acceptors (Lipinski definition) is 5. The highest BCUT2D eigenvalue weighted by molar-refractivity contribution is 6.30. The number of carboxylic acid groups (broad SMARTS) is 1. The van der Waals surface area contributed by atoms with Crippen LogP contribution < -0.4 is 10.1 Å². The number of aliphatic hydroxyl groups excluding tert-OH is 1. The van der Waals surface area contributed by atoms with Crippen molar-refractivity contribution in [2.45, 2.75) is 6.10 Å². The second-order valence-corrected chi connectivity index (χ2v) is 6.18. The van der Waals surface area contributed by atoms with Crippen molar-refractivity contribution < 1.29 is 25.6 Å². The van der Waals surface area contributed by atoms with Crippen molar-refractivity contribution in [1.82, 2.24) is 5.32 Å². The molecule has 0 spiro atoms. The van der Waals surface area contributed by atoms with E-state index in [1.54, 1.807) is 36.4 Å². The molecule has 26 heavy (non-hydrogen) atoms. The summed E-state index contributed by atoms with van der Waals surface area (Å²) in [4.78, 5) is 10.9. The van der Waals surface area contributed by atoms with Crippen LogP contribution in [0.2, 0.25) is 5.02 Å². The van der Waals surface area contributed by atoms with E-state index in [2.05, 4.69) is 5.32 Å². The molecule has 0 aliphatic carbocycles. The number of benzene rings is 2. The number of ether oxygens (including phenoxy) is 1. The van der Waals surface area contributed by atoms with Gasteiger partial charge in [-0.2, -0.15) is 0 Å². The molecule has 1 heterocycles. The lowest BCUT2D eigenvalue weighted by Crippen LogP contribution is -2.26. The number of aliphatic hydroxyl groups is 1. The molecular weight excluding hydrogens is 358 g/mol. The number of carboxylic acids is 1. The van der Waals surface area contributed by atoms with Crippen LogP contribution in [0.3, 0.4) is 0 Å². The largest absolute Gasteiger partial charge is 0.492 e. The van der Waals surface area contributed by atoms with Crippen molar-refractivity contribution >= 4 is 28.5 Å². The van der Waals surface area contributed by atoms with Gasteiger partial charge in [0.1, 0.15) is 17.9 Å². The molecule has 6 nitrogen and oxygen atoms in total. The van der Waals surface area contributed by atoms with Crippen LogP contribution in [0, 0.1) is 0 Å². The molecule has 1 atom stereocenters. The summed E-state index contributed by atoms with van der Waals surface area (Å²) in [5.74, 6) is -0.624. The summed E-state index contributed by atoms with van der Waals surface area (Å²) >= 11 is 5.91. The molecule has 0 amide bonds. The van der Waals surface area contributed by atoms with Crippen LogP contribution in [0.15, 0.2) is 52.9 Å². The fraction of sp³-hybridized carbons (Fsp3) is 0.211. The van der Waals surface area contributed by atoms with Gasteiger partial charge in [0.05, 0.1) is 6.10 Å². The van der Waals surface area contributed by atoms with Crippen molar-refractivity contribution in [2.75, 3.05) is 19.7 Å². The highest BCUT2D eigenvalue weighted by Crippen LogP contribution is 2.24. The highest BCUT2D eigenvalue weighted by atomic mass is 35.5. The zero-order chi connectivity index (χ0) is 18.5. The normalized spacial score (nSPS) is 12.2. The lowest BCUT2D eigenvalue weighted by atomic mass is 10.1. The predicted octanol–water partition coefficient (Wildman–Crippen LogP) is 3.73. The van der Waals surface area contributed by atoms with Gasteiger partial charge < -0.3 is 24.7 Å². The molecule has 0 saturated carbocycles. The maximum atomic E-state index is 10.9. The molecule has 3 N–H and O–H groups in total. The Morgan fingerprint density at radius 2 is 2.12 bits per heavy atom. The minimum atomic E-state index is -1.11. The average Bonchev–Trinajstić information content (AvgIpc) is 3.05. The number of fused-ring (bicyclic) bond motifs is 1. The van der Waals surface area contributed by atoms with Gasteiger partial charge in [0.25, 0.3) is 0 Å². The molecule has 7 heteroatoms. The van der Waals surface area contributed by atoms with Crippen LogP contribution in [0.4, 0.5) is 0 Å². The van der Waals surface area contributed by atoms with E-state index in [4.69, 9.17) is 25.9 Å². The van der Waals surface area contributed by atoms with Gasteiger partial charge >= 0.3 is 5.97 Å². The highest BCUT2D eigenvalue weighted by Gasteiger charge is 2.11. The molecule has 0 saturated heterocycles. The topological polar surface area (TPSA) is 91.9 Å². The molecule has 0 aliphatic rings. The van der Waals surface area contributed by atoms with Gasteiger partial charge in [0.15, 0.2) is 0 Å². The number of halogens is 1. The molecule has 0 aliphatic heterocycles. The predicted molar refractivity (Wildman–Crippen MR) is 100 cm³/mol. The van der Waals surface area contributed by atoms with E-state index < -0.39 is 12.1 Å². The third-order valence-corrected chi connectivity index (χ3v) is 4.06. The summed E-state index contributed by atoms with van der Waals surface area (Å²) in [5.41, 5.74) is 1.22. The quantitative estimate of drug-likeness (QED) is 0.518. The lowest BCUT2D eigenvalue weighted by molar-refractivity contribution is 0.0665. The summed E-state index contributed by atoms with van der Waals surface area (Å²) in [6, 6.07) is 13.7. The van der Waals surface area contributed by atoms with Gasteiger partial charge in [0, 0.05) is 31.0 Å². The monoisotopic (exact) mass is 377 g/mol. The number of carbonyl (C=O) groups is 1. The van der Waals surface area contributed by atoms with Crippen LogP contribution in [-0.4, -0.2) is 35.9 Å². The smallest absolute Gasteiger partial charge is 0.371 e. The summed E-state index contributed by atoms with van der Waals surface area (Å²) < 4.78 is 10.9. The van der Waals surface area contributed by atoms with Gasteiger partial charge in [-0.15, -0.1) is 0 Å². The SMILES string of the molecule is O=C(O)c1cc2ccc(OCCNC[C@H](O)c3cccc(Cl)c3)cc2o1.[HH]. The van der Waals surface area contributed by atoms with E-state index in [0.29, 0.717) is 41.4 Å². The van der Waals surface area contributed by atoms with Crippen LogP contribution >= 0.6 is 11.6 Å². The molecule has 138 valence electrons. The number of aromatic carboxylic acids is 1. The molecule has 0 fully saturated rings. The first-order valence-corrected chi connectivity index (χ1v) is 8.44. The van der Waals surface area contributed by atoms with E-state index in [-0.39, 0.29) is 7.19 Å². The standard InChI is InChI=1S/C19H18ClNO5.H2/c20-14-3-1-2-12(8-14)16(22)11-21-6-7-25-15-5-4-13-9-18(19(23)24)26-17(13)10-15;/h1-5,8-10,16,21-22H,6-7,11H2,(H,23,24);1H/t16-;/m0./s1. The molecule has 0 bridgehead atoms. The third kappa shape index (κ3) is 4.54. The Morgan fingerprint density at radius 3 is 2.88 bits per heavy atom. The van der Waals surface area contributed by atoms with E-state index in [1.165, 1.54) is 6.07 Å². The summed E-state index contributed by atoms with van der Waals surface area (Å²) in [6.07, 6.45) is -0.650.